The van der Waals surface area contributed by atoms with Gasteiger partial charge in [0, 0.05) is 5.57 Å². The van der Waals surface area contributed by atoms with E-state index in [1.54, 1.807) is 16.8 Å². The lowest BCUT2D eigenvalue weighted by atomic mass is 9.91. The van der Waals surface area contributed by atoms with Gasteiger partial charge in [-0.3, -0.25) is 5.73 Å². The minimum absolute atomic E-state index is 0.0134. The first kappa shape index (κ1) is 19.6. The van der Waals surface area contributed by atoms with Crippen LogP contribution in [0.3, 0.4) is 0 Å². The maximum Gasteiger partial charge on any atom is 0.226 e. The zero-order valence-electron chi connectivity index (χ0n) is 17.2. The van der Waals surface area contributed by atoms with Crippen molar-refractivity contribution in [3.63, 3.8) is 0 Å². The van der Waals surface area contributed by atoms with Gasteiger partial charge in [-0.2, -0.15) is 10.4 Å². The Hall–Kier alpha value is -3.76. The maximum atomic E-state index is 9.99. The second-order valence-corrected chi connectivity index (χ2v) is 7.27. The molecule has 1 unspecified atom stereocenters. The van der Waals surface area contributed by atoms with E-state index >= 15 is 0 Å². The summed E-state index contributed by atoms with van der Waals surface area (Å²) in [6.07, 6.45) is -0.946. The Balaban J connectivity index is 1.98. The van der Waals surface area contributed by atoms with E-state index in [0.717, 1.165) is 11.3 Å². The third-order valence-electron chi connectivity index (χ3n) is 5.38. The highest BCUT2D eigenvalue weighted by atomic mass is 16.5. The van der Waals surface area contributed by atoms with Gasteiger partial charge in [0.05, 0.1) is 29.6 Å². The normalized spacial score (nSPS) is 15.4. The number of phenolic OH excluding ortho intramolecular Hbond substituents is 1. The molecule has 3 aromatic rings. The molecule has 0 saturated carbocycles. The van der Waals surface area contributed by atoms with Gasteiger partial charge in [-0.15, -0.1) is 0 Å². The van der Waals surface area contributed by atoms with E-state index in [2.05, 4.69) is 11.2 Å². The van der Waals surface area contributed by atoms with E-state index in [-0.39, 0.29) is 11.3 Å². The maximum absolute atomic E-state index is 9.99. The number of aromatic nitrogens is 2. The number of nitrogens with two attached hydrogens (primary N) is 1. The van der Waals surface area contributed by atoms with Crippen LogP contribution in [0.5, 0.6) is 17.4 Å². The summed E-state index contributed by atoms with van der Waals surface area (Å²) in [6, 6.07) is 13.1. The Morgan fingerprint density at radius 3 is 2.60 bits per heavy atom. The summed E-state index contributed by atoms with van der Waals surface area (Å²) < 4.78 is 12.9. The molecule has 0 aliphatic carbocycles. The Morgan fingerprint density at radius 2 is 1.93 bits per heavy atom. The van der Waals surface area contributed by atoms with E-state index in [0.29, 0.717) is 34.0 Å². The van der Waals surface area contributed by atoms with E-state index in [1.165, 1.54) is 18.7 Å². The number of hydrogen-bond acceptors (Lipinski definition) is 6. The van der Waals surface area contributed by atoms with Crippen molar-refractivity contribution >= 4 is 5.57 Å². The molecule has 0 amide bonds. The van der Waals surface area contributed by atoms with Crippen LogP contribution in [-0.4, -0.2) is 28.2 Å². The second kappa shape index (κ2) is 7.25. The molecule has 0 saturated heterocycles. The Labute approximate surface area is 174 Å². The van der Waals surface area contributed by atoms with Crippen LogP contribution in [0.15, 0.2) is 42.0 Å². The molecule has 1 aliphatic heterocycles. The number of benzene rings is 2. The molecule has 2 aromatic carbocycles. The predicted octanol–water partition coefficient (Wildman–Crippen LogP) is 3.51. The third-order valence-corrected chi connectivity index (χ3v) is 5.38. The van der Waals surface area contributed by atoms with Crippen molar-refractivity contribution in [2.45, 2.75) is 27.0 Å². The van der Waals surface area contributed by atoms with E-state index in [1.807, 2.05) is 39.0 Å². The van der Waals surface area contributed by atoms with Crippen LogP contribution < -0.4 is 15.2 Å². The summed E-state index contributed by atoms with van der Waals surface area (Å²) in [7, 11) is 1.47. The Kier molecular flexibility index (Phi) is 4.72. The molecule has 1 aliphatic rings. The number of nitrogens with zero attached hydrogens (tertiary/aromatic N) is 3. The van der Waals surface area contributed by atoms with E-state index < -0.39 is 6.23 Å². The molecule has 0 fully saturated rings. The molecule has 1 aromatic heterocycles. The van der Waals surface area contributed by atoms with Gasteiger partial charge in [0.15, 0.2) is 17.7 Å². The van der Waals surface area contributed by atoms with Crippen molar-refractivity contribution < 1.29 is 14.6 Å². The predicted molar refractivity (Wildman–Crippen MR) is 113 cm³/mol. The van der Waals surface area contributed by atoms with Crippen LogP contribution in [-0.2, 0) is 0 Å². The standard InChI is InChI=1S/C23H22N4O3/c1-12-5-7-16(9-13(12)2)27-23-20(14(3)26-27)21(17(11-24)22(25)30-23)15-6-8-18(28)19(10-15)29-4/h5-10,22,28H,25H2,1-4H3. The molecule has 7 heteroatoms. The molecular weight excluding hydrogens is 380 g/mol. The van der Waals surface area contributed by atoms with Crippen LogP contribution in [0.25, 0.3) is 11.3 Å². The van der Waals surface area contributed by atoms with Gasteiger partial charge in [0.25, 0.3) is 0 Å². The van der Waals surface area contributed by atoms with Crippen LogP contribution >= 0.6 is 0 Å². The average molecular weight is 402 g/mol. The van der Waals surface area contributed by atoms with Gasteiger partial charge >= 0.3 is 0 Å². The zero-order chi connectivity index (χ0) is 21.6. The lowest BCUT2D eigenvalue weighted by Gasteiger charge is -2.25. The molecule has 4 rings (SSSR count). The number of rotatable bonds is 3. The van der Waals surface area contributed by atoms with Crippen molar-refractivity contribution in [2.24, 2.45) is 5.73 Å². The number of ether oxygens (including phenoxy) is 2. The molecule has 1 atom stereocenters. The SMILES string of the molecule is COc1cc(C2=C(C#N)C(N)Oc3c2c(C)nn3-c2ccc(C)c(C)c2)ccc1O. The fourth-order valence-electron chi connectivity index (χ4n) is 3.64. The number of aryl methyl sites for hydroxylation is 3. The van der Waals surface area contributed by atoms with E-state index in [9.17, 15) is 10.4 Å². The van der Waals surface area contributed by atoms with Crippen LogP contribution in [0.4, 0.5) is 0 Å². The fraction of sp³-hybridized carbons (Fsp3) is 0.217. The Bertz CT molecular complexity index is 1230. The second-order valence-electron chi connectivity index (χ2n) is 7.27. The minimum atomic E-state index is -0.946. The van der Waals surface area contributed by atoms with Gasteiger partial charge in [-0.05, 0) is 61.7 Å². The molecule has 2 heterocycles. The first-order valence-electron chi connectivity index (χ1n) is 9.47. The molecule has 3 N–H and O–H groups in total. The molecule has 0 bridgehead atoms. The molecule has 152 valence electrons. The smallest absolute Gasteiger partial charge is 0.226 e. The highest BCUT2D eigenvalue weighted by molar-refractivity contribution is 5.90. The quantitative estimate of drug-likeness (QED) is 0.694. The zero-order valence-corrected chi connectivity index (χ0v) is 17.2. The van der Waals surface area contributed by atoms with Crippen molar-refractivity contribution in [3.05, 3.63) is 69.9 Å². The first-order valence-corrected chi connectivity index (χ1v) is 9.47. The van der Waals surface area contributed by atoms with Gasteiger partial charge in [-0.25, -0.2) is 4.68 Å². The van der Waals surface area contributed by atoms with Crippen molar-refractivity contribution in [1.82, 2.24) is 9.78 Å². The molecule has 30 heavy (non-hydrogen) atoms. The number of methoxy groups -OCH3 is 1. The van der Waals surface area contributed by atoms with Crippen LogP contribution in [0.1, 0.15) is 27.9 Å². The number of phenols is 1. The summed E-state index contributed by atoms with van der Waals surface area (Å²) in [5, 5.41) is 24.5. The Morgan fingerprint density at radius 1 is 1.17 bits per heavy atom. The highest BCUT2D eigenvalue weighted by Gasteiger charge is 2.33. The van der Waals surface area contributed by atoms with Gasteiger partial charge < -0.3 is 14.6 Å². The highest BCUT2D eigenvalue weighted by Crippen LogP contribution is 2.43. The molecule has 0 spiro atoms. The van der Waals surface area contributed by atoms with E-state index in [4.69, 9.17) is 15.2 Å². The summed E-state index contributed by atoms with van der Waals surface area (Å²) in [5.74, 6) is 0.793. The number of aromatic hydroxyl groups is 1. The third kappa shape index (κ3) is 2.98. The lowest BCUT2D eigenvalue weighted by molar-refractivity contribution is 0.228. The molecular formula is C23H22N4O3. The monoisotopic (exact) mass is 402 g/mol. The number of hydrogen-bond donors (Lipinski definition) is 2. The summed E-state index contributed by atoms with van der Waals surface area (Å²) in [6.45, 7) is 5.95. The number of fused-ring (bicyclic) bond motifs is 1. The summed E-state index contributed by atoms with van der Waals surface area (Å²) in [4.78, 5) is 0. The summed E-state index contributed by atoms with van der Waals surface area (Å²) >= 11 is 0. The van der Waals surface area contributed by atoms with Crippen LogP contribution in [0.2, 0.25) is 0 Å². The van der Waals surface area contributed by atoms with Gasteiger partial charge in [0.2, 0.25) is 5.88 Å². The van der Waals surface area contributed by atoms with Gasteiger partial charge in [0.1, 0.15) is 6.07 Å². The topological polar surface area (TPSA) is 106 Å². The fourth-order valence-corrected chi connectivity index (χ4v) is 3.64. The largest absolute Gasteiger partial charge is 0.504 e. The lowest BCUT2D eigenvalue weighted by Crippen LogP contribution is -2.33. The number of nitriles is 1. The first-order chi connectivity index (χ1) is 14.3. The average Bonchev–Trinajstić information content (AvgIpc) is 3.05. The summed E-state index contributed by atoms with van der Waals surface area (Å²) in [5.41, 5.74) is 12.4. The van der Waals surface area contributed by atoms with Gasteiger partial charge in [-0.1, -0.05) is 12.1 Å². The van der Waals surface area contributed by atoms with Crippen LogP contribution in [0, 0.1) is 32.1 Å². The molecule has 0 radical (unpaired) electrons. The molecule has 7 nitrogen and oxygen atoms in total. The van der Waals surface area contributed by atoms with Crippen molar-refractivity contribution in [2.75, 3.05) is 7.11 Å². The van der Waals surface area contributed by atoms with Crippen molar-refractivity contribution in [3.8, 4) is 29.1 Å². The minimum Gasteiger partial charge on any atom is -0.504 e. The van der Waals surface area contributed by atoms with Crippen molar-refractivity contribution in [1.29, 1.82) is 5.26 Å².